The van der Waals surface area contributed by atoms with Gasteiger partial charge in [0, 0.05) is 5.70 Å². The van der Waals surface area contributed by atoms with Crippen molar-refractivity contribution in [3.63, 3.8) is 0 Å². The highest BCUT2D eigenvalue weighted by atomic mass is 32.2. The second kappa shape index (κ2) is 9.17. The molecule has 2 aliphatic heterocycles. The van der Waals surface area contributed by atoms with Crippen LogP contribution in [0.25, 0.3) is 0 Å². The van der Waals surface area contributed by atoms with Crippen molar-refractivity contribution >= 4 is 28.9 Å². The van der Waals surface area contributed by atoms with Crippen LogP contribution in [0.5, 0.6) is 5.75 Å². The molecule has 0 radical (unpaired) electrons. The molecule has 8 heteroatoms. The predicted molar refractivity (Wildman–Crippen MR) is 111 cm³/mol. The fourth-order valence-electron chi connectivity index (χ4n) is 3.30. The standard InChI is InChI=1S/C21H24N2O5S/c1-5-27-17(24)11-15-12-29-21-22-13(3)18(20(25)28-6-2)19(23(15)21)14-7-9-16(26-4)10-8-14/h7-10,12,19H,5-6,11H2,1-4H3. The minimum absolute atomic E-state index is 0.0989. The average molecular weight is 416 g/mol. The van der Waals surface area contributed by atoms with Crippen LogP contribution in [0.15, 0.2) is 51.6 Å². The Kier molecular flexibility index (Phi) is 6.64. The number of benzene rings is 1. The zero-order valence-corrected chi connectivity index (χ0v) is 17.7. The maximum absolute atomic E-state index is 12.8. The Morgan fingerprint density at radius 3 is 2.45 bits per heavy atom. The Morgan fingerprint density at radius 2 is 1.83 bits per heavy atom. The van der Waals surface area contributed by atoms with Gasteiger partial charge < -0.3 is 19.1 Å². The summed E-state index contributed by atoms with van der Waals surface area (Å²) in [6.45, 7) is 5.92. The van der Waals surface area contributed by atoms with E-state index in [2.05, 4.69) is 4.99 Å². The van der Waals surface area contributed by atoms with Crippen LogP contribution in [-0.4, -0.2) is 42.3 Å². The number of hydrogen-bond acceptors (Lipinski definition) is 8. The first-order valence-corrected chi connectivity index (χ1v) is 10.3. The van der Waals surface area contributed by atoms with E-state index in [0.717, 1.165) is 22.2 Å². The second-order valence-electron chi connectivity index (χ2n) is 6.37. The van der Waals surface area contributed by atoms with Gasteiger partial charge in [-0.05, 0) is 43.9 Å². The van der Waals surface area contributed by atoms with Crippen molar-refractivity contribution in [3.8, 4) is 5.75 Å². The minimum Gasteiger partial charge on any atom is -0.497 e. The summed E-state index contributed by atoms with van der Waals surface area (Å²) < 4.78 is 15.7. The quantitative estimate of drug-likeness (QED) is 0.626. The van der Waals surface area contributed by atoms with Gasteiger partial charge in [0.2, 0.25) is 0 Å². The number of allylic oxidation sites excluding steroid dienone is 1. The number of aliphatic imine (C=N–C) groups is 1. The van der Waals surface area contributed by atoms with E-state index in [1.807, 2.05) is 34.6 Å². The van der Waals surface area contributed by atoms with Crippen LogP contribution in [0.1, 0.15) is 38.8 Å². The van der Waals surface area contributed by atoms with E-state index < -0.39 is 12.0 Å². The third-order valence-electron chi connectivity index (χ3n) is 4.56. The van der Waals surface area contributed by atoms with Crippen LogP contribution in [0.2, 0.25) is 0 Å². The van der Waals surface area contributed by atoms with Crippen molar-refractivity contribution in [1.29, 1.82) is 0 Å². The van der Waals surface area contributed by atoms with Gasteiger partial charge in [-0.15, -0.1) is 0 Å². The summed E-state index contributed by atoms with van der Waals surface area (Å²) >= 11 is 1.43. The van der Waals surface area contributed by atoms with Gasteiger partial charge in [-0.1, -0.05) is 23.9 Å². The van der Waals surface area contributed by atoms with Crippen molar-refractivity contribution < 1.29 is 23.8 Å². The topological polar surface area (TPSA) is 77.4 Å². The highest BCUT2D eigenvalue weighted by molar-refractivity contribution is 8.16. The Balaban J connectivity index is 2.04. The number of carbonyl (C=O) groups is 2. The largest absolute Gasteiger partial charge is 0.497 e. The first kappa shape index (κ1) is 21.0. The van der Waals surface area contributed by atoms with Gasteiger partial charge >= 0.3 is 11.9 Å². The molecule has 1 aromatic carbocycles. The van der Waals surface area contributed by atoms with Gasteiger partial charge in [-0.25, -0.2) is 9.79 Å². The summed E-state index contributed by atoms with van der Waals surface area (Å²) in [5.74, 6) is -0.0195. The minimum atomic E-state index is -0.455. The zero-order valence-electron chi connectivity index (χ0n) is 16.9. The normalized spacial score (nSPS) is 18.1. The molecular weight excluding hydrogens is 392 g/mol. The van der Waals surface area contributed by atoms with Gasteiger partial charge in [-0.3, -0.25) is 4.79 Å². The molecule has 0 amide bonds. The molecule has 2 aliphatic rings. The molecule has 0 aromatic heterocycles. The first-order chi connectivity index (χ1) is 14.0. The van der Waals surface area contributed by atoms with Crippen LogP contribution in [0.4, 0.5) is 0 Å². The molecule has 2 heterocycles. The lowest BCUT2D eigenvalue weighted by molar-refractivity contribution is -0.142. The number of rotatable bonds is 7. The number of hydrogen-bond donors (Lipinski definition) is 0. The Morgan fingerprint density at radius 1 is 1.14 bits per heavy atom. The summed E-state index contributed by atoms with van der Waals surface area (Å²) in [6, 6.07) is 7.05. The molecule has 1 aromatic rings. The molecule has 0 spiro atoms. The predicted octanol–water partition coefficient (Wildman–Crippen LogP) is 3.79. The van der Waals surface area contributed by atoms with Crippen molar-refractivity contribution in [1.82, 2.24) is 4.90 Å². The Hall–Kier alpha value is -2.74. The van der Waals surface area contributed by atoms with E-state index in [0.29, 0.717) is 17.9 Å². The number of amidine groups is 1. The Labute approximate surface area is 174 Å². The lowest BCUT2D eigenvalue weighted by Gasteiger charge is -2.36. The monoisotopic (exact) mass is 416 g/mol. The SMILES string of the molecule is CCOC(=O)CC1=CSC2=NC(C)=C(C(=O)OCC)C(c3ccc(OC)cc3)N12. The van der Waals surface area contributed by atoms with Gasteiger partial charge in [0.05, 0.1) is 44.1 Å². The highest BCUT2D eigenvalue weighted by Crippen LogP contribution is 2.45. The Bertz CT molecular complexity index is 889. The number of fused-ring (bicyclic) bond motifs is 1. The summed E-state index contributed by atoms with van der Waals surface area (Å²) in [6.07, 6.45) is 0.0989. The average Bonchev–Trinajstić information content (AvgIpc) is 3.09. The van der Waals surface area contributed by atoms with Crippen LogP contribution in [0, 0.1) is 0 Å². The maximum Gasteiger partial charge on any atom is 0.338 e. The van der Waals surface area contributed by atoms with E-state index >= 15 is 0 Å². The van der Waals surface area contributed by atoms with Crippen LogP contribution < -0.4 is 4.74 Å². The molecular formula is C21H24N2O5S. The molecule has 0 N–H and O–H groups in total. The molecule has 3 rings (SSSR count). The third kappa shape index (κ3) is 4.32. The van der Waals surface area contributed by atoms with Crippen molar-refractivity contribution in [2.45, 2.75) is 33.2 Å². The molecule has 1 unspecified atom stereocenters. The van der Waals surface area contributed by atoms with Crippen molar-refractivity contribution in [3.05, 3.63) is 52.2 Å². The number of carbonyl (C=O) groups excluding carboxylic acids is 2. The summed E-state index contributed by atoms with van der Waals surface area (Å²) in [5, 5.41) is 2.60. The lowest BCUT2D eigenvalue weighted by atomic mass is 9.94. The number of methoxy groups -OCH3 is 1. The fourth-order valence-corrected chi connectivity index (χ4v) is 4.27. The summed E-state index contributed by atoms with van der Waals surface area (Å²) in [4.78, 5) is 31.5. The van der Waals surface area contributed by atoms with Crippen molar-refractivity contribution in [2.75, 3.05) is 20.3 Å². The third-order valence-corrected chi connectivity index (χ3v) is 5.45. The van der Waals surface area contributed by atoms with Gasteiger partial charge in [0.25, 0.3) is 0 Å². The molecule has 0 saturated heterocycles. The van der Waals surface area contributed by atoms with E-state index in [1.165, 1.54) is 11.8 Å². The summed E-state index contributed by atoms with van der Waals surface area (Å²) in [5.41, 5.74) is 2.67. The number of ether oxygens (including phenoxy) is 3. The molecule has 0 saturated carbocycles. The van der Waals surface area contributed by atoms with Gasteiger partial charge in [-0.2, -0.15) is 0 Å². The smallest absolute Gasteiger partial charge is 0.338 e. The van der Waals surface area contributed by atoms with Crippen molar-refractivity contribution in [2.24, 2.45) is 4.99 Å². The van der Waals surface area contributed by atoms with E-state index in [-0.39, 0.29) is 19.0 Å². The van der Waals surface area contributed by atoms with Crippen LogP contribution >= 0.6 is 11.8 Å². The molecule has 0 fully saturated rings. The van der Waals surface area contributed by atoms with Crippen LogP contribution in [-0.2, 0) is 19.1 Å². The molecule has 154 valence electrons. The van der Waals surface area contributed by atoms with Crippen LogP contribution in [0.3, 0.4) is 0 Å². The van der Waals surface area contributed by atoms with E-state index in [4.69, 9.17) is 14.2 Å². The number of nitrogens with zero attached hydrogens (tertiary/aromatic N) is 2. The fraction of sp³-hybridized carbons (Fsp3) is 0.381. The summed E-state index contributed by atoms with van der Waals surface area (Å²) in [7, 11) is 1.60. The zero-order chi connectivity index (χ0) is 21.0. The molecule has 7 nitrogen and oxygen atoms in total. The first-order valence-electron chi connectivity index (χ1n) is 9.41. The van der Waals surface area contributed by atoms with E-state index in [1.54, 1.807) is 27.9 Å². The molecule has 29 heavy (non-hydrogen) atoms. The molecule has 0 bridgehead atoms. The lowest BCUT2D eigenvalue weighted by Crippen LogP contribution is -2.37. The van der Waals surface area contributed by atoms with Gasteiger partial charge in [0.1, 0.15) is 5.75 Å². The number of esters is 2. The maximum atomic E-state index is 12.8. The van der Waals surface area contributed by atoms with Gasteiger partial charge in [0.15, 0.2) is 5.17 Å². The van der Waals surface area contributed by atoms with E-state index in [9.17, 15) is 9.59 Å². The molecule has 1 atom stereocenters. The number of thioether (sulfide) groups is 1. The highest BCUT2D eigenvalue weighted by Gasteiger charge is 2.41. The molecule has 0 aliphatic carbocycles. The second-order valence-corrected chi connectivity index (χ2v) is 7.21.